The van der Waals surface area contributed by atoms with Gasteiger partial charge in [-0.2, -0.15) is 0 Å². The van der Waals surface area contributed by atoms with Crippen molar-refractivity contribution in [2.75, 3.05) is 25.6 Å². The van der Waals surface area contributed by atoms with Crippen LogP contribution in [0.3, 0.4) is 0 Å². The molecule has 1 saturated heterocycles. The highest BCUT2D eigenvalue weighted by molar-refractivity contribution is 6.73. The van der Waals surface area contributed by atoms with E-state index < -0.39 is 0 Å². The smallest absolute Gasteiger partial charge is 0.331 e. The normalized spacial score (nSPS) is 19.7. The average Bonchev–Trinajstić information content (AvgIpc) is 2.67. The van der Waals surface area contributed by atoms with Crippen molar-refractivity contribution in [3.8, 4) is 0 Å². The quantitative estimate of drug-likeness (QED) is 0.717. The van der Waals surface area contributed by atoms with Crippen molar-refractivity contribution in [1.82, 2.24) is 14.5 Å². The Morgan fingerprint density at radius 1 is 1.25 bits per heavy atom. The standard InChI is InChI=1S/C10H20B2N4/c1-9-6-7-13-10(9)16-8-14(4)11(2)15(5)12(16)3/h6-7,13H,8H2,1-5H3. The highest BCUT2D eigenvalue weighted by Crippen LogP contribution is 2.23. The lowest BCUT2D eigenvalue weighted by Gasteiger charge is -2.46. The molecule has 1 aliphatic rings. The van der Waals surface area contributed by atoms with E-state index >= 15 is 0 Å². The van der Waals surface area contributed by atoms with Gasteiger partial charge in [-0.3, -0.25) is 0 Å². The molecule has 0 radical (unpaired) electrons. The van der Waals surface area contributed by atoms with Crippen molar-refractivity contribution in [3.05, 3.63) is 17.8 Å². The molecule has 1 fully saturated rings. The maximum atomic E-state index is 3.33. The Kier molecular flexibility index (Phi) is 3.04. The van der Waals surface area contributed by atoms with Gasteiger partial charge in [0.1, 0.15) is 0 Å². The summed E-state index contributed by atoms with van der Waals surface area (Å²) in [6.45, 7) is 8.52. The van der Waals surface area contributed by atoms with E-state index in [9.17, 15) is 0 Å². The first-order valence-corrected chi connectivity index (χ1v) is 5.85. The number of aryl methyl sites for hydroxylation is 1. The summed E-state index contributed by atoms with van der Waals surface area (Å²) in [6, 6.07) is 2.13. The van der Waals surface area contributed by atoms with Gasteiger partial charge in [-0.1, -0.05) is 13.6 Å². The van der Waals surface area contributed by atoms with E-state index in [-0.39, 0.29) is 0 Å². The monoisotopic (exact) mass is 218 g/mol. The number of hydrogen-bond donors (Lipinski definition) is 1. The predicted molar refractivity (Wildman–Crippen MR) is 71.6 cm³/mol. The summed E-state index contributed by atoms with van der Waals surface area (Å²) in [5.74, 6) is 1.23. The zero-order valence-electron chi connectivity index (χ0n) is 10.9. The number of H-pyrrole nitrogens is 1. The molecule has 1 aliphatic heterocycles. The van der Waals surface area contributed by atoms with Crippen molar-refractivity contribution in [2.45, 2.75) is 20.6 Å². The second-order valence-electron chi connectivity index (χ2n) is 4.81. The molecule has 86 valence electrons. The Hall–Kier alpha value is -0.870. The number of rotatable bonds is 1. The first-order valence-electron chi connectivity index (χ1n) is 5.85. The topological polar surface area (TPSA) is 25.5 Å². The molecule has 0 spiro atoms. The minimum Gasteiger partial charge on any atom is -0.376 e. The van der Waals surface area contributed by atoms with Crippen molar-refractivity contribution in [1.29, 1.82) is 0 Å². The van der Waals surface area contributed by atoms with Crippen molar-refractivity contribution in [3.63, 3.8) is 0 Å². The lowest BCUT2D eigenvalue weighted by molar-refractivity contribution is 0.467. The number of nitrogens with one attached hydrogen (secondary N) is 1. The van der Waals surface area contributed by atoms with Gasteiger partial charge in [0.2, 0.25) is 0 Å². The third-order valence-corrected chi connectivity index (χ3v) is 3.86. The van der Waals surface area contributed by atoms with Crippen LogP contribution >= 0.6 is 0 Å². The van der Waals surface area contributed by atoms with Crippen LogP contribution in [0, 0.1) is 6.92 Å². The van der Waals surface area contributed by atoms with Gasteiger partial charge < -0.3 is 19.3 Å². The summed E-state index contributed by atoms with van der Waals surface area (Å²) in [5, 5.41) is 0. The molecule has 2 heterocycles. The van der Waals surface area contributed by atoms with Gasteiger partial charge in [0.15, 0.2) is 0 Å². The zero-order valence-corrected chi connectivity index (χ0v) is 10.9. The van der Waals surface area contributed by atoms with Gasteiger partial charge in [-0.05, 0) is 32.6 Å². The van der Waals surface area contributed by atoms with Crippen molar-refractivity contribution < 1.29 is 0 Å². The predicted octanol–water partition coefficient (Wildman–Crippen LogP) is 1.20. The molecule has 16 heavy (non-hydrogen) atoms. The highest BCUT2D eigenvalue weighted by atomic mass is 15.4. The molecule has 0 aromatic carbocycles. The first kappa shape index (κ1) is 11.6. The Bertz CT molecular complexity index is 367. The van der Waals surface area contributed by atoms with E-state index in [0.717, 1.165) is 6.67 Å². The molecule has 4 nitrogen and oxygen atoms in total. The van der Waals surface area contributed by atoms with Crippen LogP contribution in [0.4, 0.5) is 5.82 Å². The van der Waals surface area contributed by atoms with E-state index in [1.807, 2.05) is 6.20 Å². The molecule has 0 aliphatic carbocycles. The van der Waals surface area contributed by atoms with Crippen molar-refractivity contribution >= 4 is 19.8 Å². The Labute approximate surface area is 98.8 Å². The summed E-state index contributed by atoms with van der Waals surface area (Å²) < 4.78 is 2.38. The fraction of sp³-hybridized carbons (Fsp3) is 0.600. The van der Waals surface area contributed by atoms with E-state index in [1.54, 1.807) is 0 Å². The van der Waals surface area contributed by atoms with Gasteiger partial charge in [-0.15, -0.1) is 0 Å². The molecule has 0 unspecified atom stereocenters. The Balaban J connectivity index is 2.26. The van der Waals surface area contributed by atoms with Crippen molar-refractivity contribution in [2.24, 2.45) is 0 Å². The molecule has 6 heteroatoms. The third kappa shape index (κ3) is 1.76. The number of anilines is 1. The molecule has 0 bridgehead atoms. The second kappa shape index (κ2) is 4.18. The van der Waals surface area contributed by atoms with Gasteiger partial charge in [-0.25, -0.2) is 0 Å². The highest BCUT2D eigenvalue weighted by Gasteiger charge is 2.37. The van der Waals surface area contributed by atoms with Crippen LogP contribution in [0.5, 0.6) is 0 Å². The summed E-state index contributed by atoms with van der Waals surface area (Å²) >= 11 is 0. The molecule has 1 N–H and O–H groups in total. The largest absolute Gasteiger partial charge is 0.376 e. The first-order chi connectivity index (χ1) is 7.52. The molecule has 0 amide bonds. The fourth-order valence-electron chi connectivity index (χ4n) is 2.33. The molecule has 1 aromatic rings. The van der Waals surface area contributed by atoms with E-state index in [2.05, 4.69) is 60.1 Å². The Morgan fingerprint density at radius 3 is 2.50 bits per heavy atom. The summed E-state index contributed by atoms with van der Waals surface area (Å²) in [6.07, 6.45) is 2.01. The molecular formula is C10H20B2N4. The number of nitrogens with zero attached hydrogens (tertiary/aromatic N) is 3. The van der Waals surface area contributed by atoms with Gasteiger partial charge >= 0.3 is 6.98 Å². The fourth-order valence-corrected chi connectivity index (χ4v) is 2.33. The van der Waals surface area contributed by atoms with Crippen LogP contribution in [-0.2, 0) is 0 Å². The number of aromatic nitrogens is 1. The summed E-state index contributed by atoms with van der Waals surface area (Å²) in [5.41, 5.74) is 1.31. The molecule has 1 aromatic heterocycles. The second-order valence-corrected chi connectivity index (χ2v) is 4.81. The van der Waals surface area contributed by atoms with E-state index in [4.69, 9.17) is 0 Å². The number of aromatic amines is 1. The molecule has 0 saturated carbocycles. The summed E-state index contributed by atoms with van der Waals surface area (Å²) in [4.78, 5) is 8.08. The van der Waals surface area contributed by atoms with Crippen LogP contribution < -0.4 is 4.81 Å². The molecule has 0 atom stereocenters. The lowest BCUT2D eigenvalue weighted by atomic mass is 9.58. The van der Waals surface area contributed by atoms with E-state index in [1.165, 1.54) is 11.4 Å². The van der Waals surface area contributed by atoms with Gasteiger partial charge in [0, 0.05) is 6.20 Å². The van der Waals surface area contributed by atoms with Crippen LogP contribution in [0.1, 0.15) is 5.56 Å². The van der Waals surface area contributed by atoms with Crippen LogP contribution in [0.2, 0.25) is 13.6 Å². The zero-order chi connectivity index (χ0) is 11.9. The van der Waals surface area contributed by atoms with Gasteiger partial charge in [0.05, 0.1) is 12.5 Å². The molecular weight excluding hydrogens is 198 g/mol. The molecule has 2 rings (SSSR count). The van der Waals surface area contributed by atoms with Crippen LogP contribution in [0.15, 0.2) is 12.3 Å². The maximum absolute atomic E-state index is 3.33. The number of hydrogen-bond acceptors (Lipinski definition) is 3. The van der Waals surface area contributed by atoms with Crippen LogP contribution in [-0.4, -0.2) is 49.2 Å². The third-order valence-electron chi connectivity index (χ3n) is 3.86. The van der Waals surface area contributed by atoms with Crippen LogP contribution in [0.25, 0.3) is 0 Å². The minimum absolute atomic E-state index is 0.420. The van der Waals surface area contributed by atoms with Gasteiger partial charge in [0.25, 0.3) is 6.98 Å². The maximum Gasteiger partial charge on any atom is 0.331 e. The van der Waals surface area contributed by atoms with E-state index in [0.29, 0.717) is 14.0 Å². The lowest BCUT2D eigenvalue weighted by Crippen LogP contribution is -2.67. The SMILES string of the molecule is CB1N(C)CN(c2[nH]ccc2C)B(C)N1C. The minimum atomic E-state index is 0.420. The Morgan fingerprint density at radius 2 is 1.94 bits per heavy atom. The summed E-state index contributed by atoms with van der Waals surface area (Å²) in [7, 11) is 4.34. The average molecular weight is 218 g/mol.